The average Bonchev–Trinajstić information content (AvgIpc) is 2.25. The highest BCUT2D eigenvalue weighted by molar-refractivity contribution is 5.87. The van der Waals surface area contributed by atoms with Crippen LogP contribution >= 0.6 is 0 Å². The number of aromatic carboxylic acids is 1. The van der Waals surface area contributed by atoms with Crippen molar-refractivity contribution < 1.29 is 20.1 Å². The molecule has 0 radical (unpaired) electrons. The van der Waals surface area contributed by atoms with Crippen LogP contribution in [0.2, 0.25) is 0 Å². The van der Waals surface area contributed by atoms with Crippen molar-refractivity contribution in [2.75, 3.05) is 14.2 Å². The molecule has 0 heterocycles. The van der Waals surface area contributed by atoms with Gasteiger partial charge in [-0.3, -0.25) is 0 Å². The third-order valence-corrected chi connectivity index (χ3v) is 1.02. The monoisotopic (exact) mass is 186 g/mol. The molecule has 0 bridgehead atoms. The van der Waals surface area contributed by atoms with Gasteiger partial charge in [-0.2, -0.15) is 0 Å². The molecule has 0 fully saturated rings. The molecule has 0 aromatic heterocycles. The van der Waals surface area contributed by atoms with Crippen LogP contribution in [0, 0.1) is 0 Å². The Labute approximate surface area is 77.1 Å². The molecule has 3 N–H and O–H groups in total. The van der Waals surface area contributed by atoms with Gasteiger partial charge in [-0.25, -0.2) is 4.79 Å². The first-order valence-electron chi connectivity index (χ1n) is 3.48. The number of carbonyl (C=O) groups is 1. The molecule has 0 unspecified atom stereocenters. The van der Waals surface area contributed by atoms with Gasteiger partial charge < -0.3 is 15.3 Å². The zero-order valence-corrected chi connectivity index (χ0v) is 7.64. The number of benzene rings is 1. The van der Waals surface area contributed by atoms with Crippen molar-refractivity contribution in [3.8, 4) is 0 Å². The first-order valence-corrected chi connectivity index (χ1v) is 3.48. The van der Waals surface area contributed by atoms with E-state index in [0.717, 1.165) is 14.2 Å². The minimum atomic E-state index is -0.879. The van der Waals surface area contributed by atoms with Gasteiger partial charge in [-0.1, -0.05) is 18.2 Å². The fourth-order valence-electron chi connectivity index (χ4n) is 0.581. The van der Waals surface area contributed by atoms with E-state index < -0.39 is 5.97 Å². The molecule has 0 saturated heterocycles. The van der Waals surface area contributed by atoms with Gasteiger partial charge in [0.1, 0.15) is 0 Å². The molecular weight excluding hydrogens is 172 g/mol. The quantitative estimate of drug-likeness (QED) is 0.600. The average molecular weight is 186 g/mol. The Hall–Kier alpha value is -1.39. The van der Waals surface area contributed by atoms with Gasteiger partial charge in [0.2, 0.25) is 0 Å². The Morgan fingerprint density at radius 3 is 1.62 bits per heavy atom. The maximum absolute atomic E-state index is 10.2. The molecule has 0 spiro atoms. The third kappa shape index (κ3) is 6.99. The minimum absolute atomic E-state index is 0.331. The summed E-state index contributed by atoms with van der Waals surface area (Å²) < 4.78 is 0. The number of hydrogen-bond donors (Lipinski definition) is 3. The lowest BCUT2D eigenvalue weighted by atomic mass is 10.2. The van der Waals surface area contributed by atoms with Crippen molar-refractivity contribution in [1.82, 2.24) is 0 Å². The van der Waals surface area contributed by atoms with Crippen LogP contribution in [-0.4, -0.2) is 35.5 Å². The Bertz CT molecular complexity index is 208. The van der Waals surface area contributed by atoms with Crippen LogP contribution in [-0.2, 0) is 0 Å². The largest absolute Gasteiger partial charge is 0.478 e. The van der Waals surface area contributed by atoms with Crippen molar-refractivity contribution in [2.24, 2.45) is 0 Å². The van der Waals surface area contributed by atoms with Crippen molar-refractivity contribution in [1.29, 1.82) is 0 Å². The SMILES string of the molecule is CO.CO.O=C(O)c1ccccc1. The molecule has 0 atom stereocenters. The topological polar surface area (TPSA) is 77.8 Å². The number of carboxylic acid groups (broad SMARTS) is 1. The normalized spacial score (nSPS) is 7.08. The number of rotatable bonds is 1. The third-order valence-electron chi connectivity index (χ3n) is 1.02. The molecule has 0 aliphatic carbocycles. The summed E-state index contributed by atoms with van der Waals surface area (Å²) in [5.41, 5.74) is 0.331. The molecule has 1 aromatic carbocycles. The Morgan fingerprint density at radius 1 is 1.00 bits per heavy atom. The molecule has 74 valence electrons. The Kier molecular flexibility index (Phi) is 11.6. The summed E-state index contributed by atoms with van der Waals surface area (Å²) in [5.74, 6) is -0.879. The van der Waals surface area contributed by atoms with E-state index in [-0.39, 0.29) is 0 Å². The van der Waals surface area contributed by atoms with Crippen LogP contribution < -0.4 is 0 Å². The van der Waals surface area contributed by atoms with Gasteiger partial charge in [0.15, 0.2) is 0 Å². The second kappa shape index (κ2) is 10.6. The van der Waals surface area contributed by atoms with Gasteiger partial charge in [0, 0.05) is 14.2 Å². The fourth-order valence-corrected chi connectivity index (χ4v) is 0.581. The van der Waals surface area contributed by atoms with Crippen molar-refractivity contribution >= 4 is 5.97 Å². The fraction of sp³-hybridized carbons (Fsp3) is 0.222. The second-order valence-electron chi connectivity index (χ2n) is 1.67. The van der Waals surface area contributed by atoms with Crippen LogP contribution in [0.25, 0.3) is 0 Å². The molecule has 1 aromatic rings. The summed E-state index contributed by atoms with van der Waals surface area (Å²) in [4.78, 5) is 10.2. The lowest BCUT2D eigenvalue weighted by Crippen LogP contribution is -1.93. The van der Waals surface area contributed by atoms with E-state index in [1.807, 2.05) is 0 Å². The molecule has 13 heavy (non-hydrogen) atoms. The van der Waals surface area contributed by atoms with Gasteiger partial charge in [-0.05, 0) is 12.1 Å². The van der Waals surface area contributed by atoms with E-state index >= 15 is 0 Å². The lowest BCUT2D eigenvalue weighted by molar-refractivity contribution is 0.0697. The molecule has 0 saturated carbocycles. The molecule has 4 heteroatoms. The predicted molar refractivity (Wildman–Crippen MR) is 49.7 cm³/mol. The van der Waals surface area contributed by atoms with Gasteiger partial charge in [0.25, 0.3) is 0 Å². The molecule has 0 amide bonds. The molecule has 0 aliphatic heterocycles. The van der Waals surface area contributed by atoms with Crippen LogP contribution in [0.4, 0.5) is 0 Å². The van der Waals surface area contributed by atoms with E-state index in [1.165, 1.54) is 0 Å². The summed E-state index contributed by atoms with van der Waals surface area (Å²) in [7, 11) is 2.00. The number of aliphatic hydroxyl groups is 2. The first kappa shape index (κ1) is 14.2. The molecule has 1 rings (SSSR count). The summed E-state index contributed by atoms with van der Waals surface area (Å²) in [6.45, 7) is 0. The van der Waals surface area contributed by atoms with E-state index in [1.54, 1.807) is 30.3 Å². The van der Waals surface area contributed by atoms with Gasteiger partial charge in [-0.15, -0.1) is 0 Å². The smallest absolute Gasteiger partial charge is 0.335 e. The van der Waals surface area contributed by atoms with Crippen LogP contribution in [0.1, 0.15) is 10.4 Å². The molecule has 4 nitrogen and oxygen atoms in total. The van der Waals surface area contributed by atoms with Gasteiger partial charge >= 0.3 is 5.97 Å². The van der Waals surface area contributed by atoms with Crippen LogP contribution in [0.3, 0.4) is 0 Å². The lowest BCUT2D eigenvalue weighted by Gasteiger charge is -1.88. The first-order chi connectivity index (χ1) is 6.30. The predicted octanol–water partition coefficient (Wildman–Crippen LogP) is 0.602. The maximum Gasteiger partial charge on any atom is 0.335 e. The molecular formula is C9H14O4. The summed E-state index contributed by atoms with van der Waals surface area (Å²) in [5, 5.41) is 22.4. The van der Waals surface area contributed by atoms with Crippen molar-refractivity contribution in [3.63, 3.8) is 0 Å². The summed E-state index contributed by atoms with van der Waals surface area (Å²) >= 11 is 0. The zero-order valence-electron chi connectivity index (χ0n) is 7.64. The van der Waals surface area contributed by atoms with E-state index in [2.05, 4.69) is 0 Å². The highest BCUT2D eigenvalue weighted by Crippen LogP contribution is 1.96. The van der Waals surface area contributed by atoms with Crippen molar-refractivity contribution in [2.45, 2.75) is 0 Å². The summed E-state index contributed by atoms with van der Waals surface area (Å²) in [6, 6.07) is 8.30. The Balaban J connectivity index is 0. The van der Waals surface area contributed by atoms with E-state index in [9.17, 15) is 4.79 Å². The van der Waals surface area contributed by atoms with Crippen molar-refractivity contribution in [3.05, 3.63) is 35.9 Å². The zero-order chi connectivity index (χ0) is 10.7. The van der Waals surface area contributed by atoms with E-state index in [4.69, 9.17) is 15.3 Å². The van der Waals surface area contributed by atoms with E-state index in [0.29, 0.717) is 5.56 Å². The maximum atomic E-state index is 10.2. The second-order valence-corrected chi connectivity index (χ2v) is 1.67. The number of aliphatic hydroxyl groups excluding tert-OH is 2. The summed E-state index contributed by atoms with van der Waals surface area (Å²) in [6.07, 6.45) is 0. The minimum Gasteiger partial charge on any atom is -0.478 e. The number of carboxylic acids is 1. The molecule has 0 aliphatic rings. The standard InChI is InChI=1S/C7H6O2.2CH4O/c8-7(9)6-4-2-1-3-5-6;2*1-2/h1-5H,(H,8,9);2*2H,1H3. The highest BCUT2D eigenvalue weighted by atomic mass is 16.4. The number of hydrogen-bond acceptors (Lipinski definition) is 3. The Morgan fingerprint density at radius 2 is 1.38 bits per heavy atom. The van der Waals surface area contributed by atoms with Gasteiger partial charge in [0.05, 0.1) is 5.56 Å². The van der Waals surface area contributed by atoms with Crippen LogP contribution in [0.5, 0.6) is 0 Å². The highest BCUT2D eigenvalue weighted by Gasteiger charge is 1.96. The van der Waals surface area contributed by atoms with Crippen LogP contribution in [0.15, 0.2) is 30.3 Å².